The summed E-state index contributed by atoms with van der Waals surface area (Å²) in [5, 5.41) is 10.8. The van der Waals surface area contributed by atoms with Crippen LogP contribution in [0, 0.1) is 10.1 Å². The Morgan fingerprint density at radius 2 is 1.85 bits per heavy atom. The van der Waals surface area contributed by atoms with Gasteiger partial charge in [-0.05, 0) is 12.1 Å². The van der Waals surface area contributed by atoms with E-state index in [9.17, 15) is 18.5 Å². The zero-order valence-electron chi connectivity index (χ0n) is 14.3. The summed E-state index contributed by atoms with van der Waals surface area (Å²) in [5.41, 5.74) is 0.240. The smallest absolute Gasteiger partial charge is 0.270 e. The van der Waals surface area contributed by atoms with Gasteiger partial charge in [-0.3, -0.25) is 10.1 Å². The lowest BCUT2D eigenvalue weighted by atomic mass is 10.2. The van der Waals surface area contributed by atoms with E-state index in [0.29, 0.717) is 17.1 Å². The molecule has 0 bridgehead atoms. The molecule has 26 heavy (non-hydrogen) atoms. The van der Waals surface area contributed by atoms with Crippen molar-refractivity contribution in [2.75, 3.05) is 21.3 Å². The SMILES string of the molecule is COc1ccc(CN(C)S(=O)(=O)c2cc([N+](=O)[O-])ccc2Cl)c(OC)c1. The molecule has 0 saturated heterocycles. The molecule has 0 unspecified atom stereocenters. The van der Waals surface area contributed by atoms with Crippen molar-refractivity contribution in [2.24, 2.45) is 0 Å². The van der Waals surface area contributed by atoms with E-state index >= 15 is 0 Å². The predicted octanol–water partition coefficient (Wildman–Crippen LogP) is 3.09. The lowest BCUT2D eigenvalue weighted by Crippen LogP contribution is -2.27. The van der Waals surface area contributed by atoms with Gasteiger partial charge in [-0.2, -0.15) is 4.31 Å². The second kappa shape index (κ2) is 7.90. The topological polar surface area (TPSA) is 99.0 Å². The number of nitro groups is 1. The van der Waals surface area contributed by atoms with E-state index in [2.05, 4.69) is 0 Å². The molecule has 0 fully saturated rings. The van der Waals surface area contributed by atoms with Gasteiger partial charge in [-0.1, -0.05) is 17.7 Å². The van der Waals surface area contributed by atoms with Crippen molar-refractivity contribution < 1.29 is 22.8 Å². The van der Waals surface area contributed by atoms with Crippen LogP contribution in [0.3, 0.4) is 0 Å². The number of methoxy groups -OCH3 is 2. The number of rotatable bonds is 7. The summed E-state index contributed by atoms with van der Waals surface area (Å²) < 4.78 is 37.0. The van der Waals surface area contributed by atoms with E-state index in [1.807, 2.05) is 0 Å². The minimum Gasteiger partial charge on any atom is -0.497 e. The Bertz CT molecular complexity index is 932. The van der Waals surface area contributed by atoms with Gasteiger partial charge in [0.05, 0.1) is 24.2 Å². The number of benzene rings is 2. The molecule has 0 radical (unpaired) electrons. The number of non-ortho nitro benzene ring substituents is 1. The highest BCUT2D eigenvalue weighted by atomic mass is 35.5. The number of nitrogens with zero attached hydrogens (tertiary/aromatic N) is 2. The molecule has 140 valence electrons. The molecule has 0 aliphatic heterocycles. The lowest BCUT2D eigenvalue weighted by Gasteiger charge is -2.19. The first-order valence-corrected chi connectivity index (χ1v) is 9.13. The number of halogens is 1. The van der Waals surface area contributed by atoms with Crippen LogP contribution in [0.15, 0.2) is 41.3 Å². The van der Waals surface area contributed by atoms with Gasteiger partial charge in [0.2, 0.25) is 10.0 Å². The molecule has 0 atom stereocenters. The molecule has 0 heterocycles. The summed E-state index contributed by atoms with van der Waals surface area (Å²) in [4.78, 5) is 9.91. The number of ether oxygens (including phenoxy) is 2. The number of hydrogen-bond donors (Lipinski definition) is 0. The van der Waals surface area contributed by atoms with Gasteiger partial charge in [0, 0.05) is 37.4 Å². The molecule has 2 aromatic rings. The van der Waals surface area contributed by atoms with Gasteiger partial charge in [0.25, 0.3) is 5.69 Å². The summed E-state index contributed by atoms with van der Waals surface area (Å²) in [7, 11) is 0.273. The van der Waals surface area contributed by atoms with Gasteiger partial charge >= 0.3 is 0 Å². The van der Waals surface area contributed by atoms with E-state index in [1.165, 1.54) is 27.3 Å². The minimum absolute atomic E-state index is 0.0193. The first-order valence-electron chi connectivity index (χ1n) is 7.32. The average molecular weight is 401 g/mol. The van der Waals surface area contributed by atoms with E-state index in [-0.39, 0.29) is 22.2 Å². The lowest BCUT2D eigenvalue weighted by molar-refractivity contribution is -0.385. The standard InChI is InChI=1S/C16H17ClN2O6S/c1-18(10-11-4-6-13(24-2)9-15(11)25-3)26(22,23)16-8-12(19(20)21)5-7-14(16)17/h4-9H,10H2,1-3H3. The average Bonchev–Trinajstić information content (AvgIpc) is 2.61. The van der Waals surface area contributed by atoms with Crippen molar-refractivity contribution in [3.63, 3.8) is 0 Å². The van der Waals surface area contributed by atoms with Crippen molar-refractivity contribution in [3.8, 4) is 11.5 Å². The van der Waals surface area contributed by atoms with Crippen molar-refractivity contribution in [3.05, 3.63) is 57.1 Å². The zero-order valence-corrected chi connectivity index (χ0v) is 15.9. The van der Waals surface area contributed by atoms with Crippen LogP contribution < -0.4 is 9.47 Å². The van der Waals surface area contributed by atoms with Crippen LogP contribution in [0.2, 0.25) is 5.02 Å². The van der Waals surface area contributed by atoms with Crippen LogP contribution in [-0.4, -0.2) is 38.9 Å². The monoisotopic (exact) mass is 400 g/mol. The molecule has 0 saturated carbocycles. The van der Waals surface area contributed by atoms with Gasteiger partial charge in [-0.15, -0.1) is 0 Å². The number of hydrogen-bond acceptors (Lipinski definition) is 6. The Hall–Kier alpha value is -2.36. The highest BCUT2D eigenvalue weighted by Crippen LogP contribution is 2.31. The van der Waals surface area contributed by atoms with Crippen LogP contribution >= 0.6 is 11.6 Å². The van der Waals surface area contributed by atoms with Crippen molar-refractivity contribution >= 4 is 27.3 Å². The fourth-order valence-electron chi connectivity index (χ4n) is 2.28. The molecule has 0 aliphatic rings. The second-order valence-electron chi connectivity index (χ2n) is 5.31. The number of nitro benzene ring substituents is 1. The molecule has 0 aliphatic carbocycles. The van der Waals surface area contributed by atoms with E-state index in [0.717, 1.165) is 16.4 Å². The first kappa shape index (κ1) is 20.0. The maximum atomic E-state index is 12.8. The molecule has 2 rings (SSSR count). The molecular formula is C16H17ClN2O6S. The van der Waals surface area contributed by atoms with Crippen LogP contribution in [0.4, 0.5) is 5.69 Å². The summed E-state index contributed by atoms with van der Waals surface area (Å²) in [6, 6.07) is 8.27. The molecule has 8 nitrogen and oxygen atoms in total. The summed E-state index contributed by atoms with van der Waals surface area (Å²) in [6.45, 7) is -0.0193. The maximum absolute atomic E-state index is 12.8. The first-order chi connectivity index (χ1) is 12.2. The quantitative estimate of drug-likeness (QED) is 0.523. The Kier molecular flexibility index (Phi) is 6.06. The van der Waals surface area contributed by atoms with Crippen LogP contribution in [0.1, 0.15) is 5.56 Å². The van der Waals surface area contributed by atoms with Crippen molar-refractivity contribution in [2.45, 2.75) is 11.4 Å². The van der Waals surface area contributed by atoms with Gasteiger partial charge < -0.3 is 9.47 Å². The molecule has 0 N–H and O–H groups in total. The third-order valence-corrected chi connectivity index (χ3v) is 5.99. The molecule has 0 spiro atoms. The fourth-order valence-corrected chi connectivity index (χ4v) is 3.92. The van der Waals surface area contributed by atoms with Gasteiger partial charge in [0.15, 0.2) is 0 Å². The van der Waals surface area contributed by atoms with Gasteiger partial charge in [0.1, 0.15) is 16.4 Å². The Morgan fingerprint density at radius 3 is 2.42 bits per heavy atom. The molecule has 2 aromatic carbocycles. The fraction of sp³-hybridized carbons (Fsp3) is 0.250. The Balaban J connectivity index is 2.39. The highest BCUT2D eigenvalue weighted by molar-refractivity contribution is 7.89. The van der Waals surface area contributed by atoms with Crippen LogP contribution in [0.25, 0.3) is 0 Å². The van der Waals surface area contributed by atoms with Crippen LogP contribution in [-0.2, 0) is 16.6 Å². The molecule has 10 heteroatoms. The van der Waals surface area contributed by atoms with Crippen molar-refractivity contribution in [1.82, 2.24) is 4.31 Å². The Labute approximate surface area is 156 Å². The predicted molar refractivity (Wildman–Crippen MR) is 96.3 cm³/mol. The van der Waals surface area contributed by atoms with E-state index in [4.69, 9.17) is 21.1 Å². The summed E-state index contributed by atoms with van der Waals surface area (Å²) in [6.07, 6.45) is 0. The third-order valence-electron chi connectivity index (χ3n) is 3.70. The normalized spacial score (nSPS) is 11.4. The summed E-state index contributed by atoms with van der Waals surface area (Å²) in [5.74, 6) is 1.02. The largest absolute Gasteiger partial charge is 0.497 e. The molecule has 0 aromatic heterocycles. The van der Waals surface area contributed by atoms with E-state index in [1.54, 1.807) is 18.2 Å². The second-order valence-corrected chi connectivity index (χ2v) is 7.73. The highest BCUT2D eigenvalue weighted by Gasteiger charge is 2.27. The van der Waals surface area contributed by atoms with Crippen molar-refractivity contribution in [1.29, 1.82) is 0 Å². The third kappa shape index (κ3) is 4.06. The maximum Gasteiger partial charge on any atom is 0.270 e. The number of sulfonamides is 1. The minimum atomic E-state index is -4.05. The Morgan fingerprint density at radius 1 is 1.15 bits per heavy atom. The van der Waals surface area contributed by atoms with E-state index < -0.39 is 14.9 Å². The summed E-state index contributed by atoms with van der Waals surface area (Å²) >= 11 is 5.96. The zero-order chi connectivity index (χ0) is 19.5. The molecular weight excluding hydrogens is 384 g/mol. The molecule has 0 amide bonds. The van der Waals surface area contributed by atoms with Crippen LogP contribution in [0.5, 0.6) is 11.5 Å². The van der Waals surface area contributed by atoms with Gasteiger partial charge in [-0.25, -0.2) is 8.42 Å².